The van der Waals surface area contributed by atoms with Crippen LogP contribution in [0.5, 0.6) is 11.5 Å². The summed E-state index contributed by atoms with van der Waals surface area (Å²) >= 11 is 0. The fourth-order valence-corrected chi connectivity index (χ4v) is 1.61. The first kappa shape index (κ1) is 15.3. The number of hydrogen-bond donors (Lipinski definition) is 3. The van der Waals surface area contributed by atoms with Gasteiger partial charge in [-0.25, -0.2) is 0 Å². The zero-order valence-electron chi connectivity index (χ0n) is 11.9. The van der Waals surface area contributed by atoms with Gasteiger partial charge < -0.3 is 20.5 Å². The topological polar surface area (TPSA) is 70.6 Å². The van der Waals surface area contributed by atoms with Crippen molar-refractivity contribution in [1.29, 1.82) is 0 Å². The number of aromatic hydroxyl groups is 1. The summed E-state index contributed by atoms with van der Waals surface area (Å²) in [6, 6.07) is 4.97. The molecule has 0 saturated heterocycles. The van der Waals surface area contributed by atoms with E-state index in [0.29, 0.717) is 12.3 Å². The van der Waals surface area contributed by atoms with Gasteiger partial charge in [0.05, 0.1) is 13.2 Å². The molecule has 0 saturated carbocycles. The average Bonchev–Trinajstić information content (AvgIpc) is 2.36. The molecule has 0 radical (unpaired) electrons. The first-order chi connectivity index (χ1) is 8.93. The molecule has 0 aliphatic carbocycles. The van der Waals surface area contributed by atoms with Crippen molar-refractivity contribution in [2.75, 3.05) is 7.11 Å². The monoisotopic (exact) mass is 266 g/mol. The van der Waals surface area contributed by atoms with Gasteiger partial charge in [0.1, 0.15) is 0 Å². The SMILES string of the molecule is COc1cc(CNC(C)C(=O)NC(C)C)ccc1O. The highest BCUT2D eigenvalue weighted by molar-refractivity contribution is 5.81. The first-order valence-corrected chi connectivity index (χ1v) is 6.33. The Hall–Kier alpha value is -1.75. The lowest BCUT2D eigenvalue weighted by Gasteiger charge is -2.16. The van der Waals surface area contributed by atoms with Gasteiger partial charge in [0, 0.05) is 12.6 Å². The minimum absolute atomic E-state index is 0.0271. The number of benzene rings is 1. The molecule has 1 unspecified atom stereocenters. The maximum absolute atomic E-state index is 11.7. The van der Waals surface area contributed by atoms with Crippen LogP contribution >= 0.6 is 0 Å². The predicted molar refractivity (Wildman–Crippen MR) is 74.2 cm³/mol. The van der Waals surface area contributed by atoms with Crippen LogP contribution in [0.1, 0.15) is 26.3 Å². The van der Waals surface area contributed by atoms with Crippen LogP contribution in [-0.4, -0.2) is 30.2 Å². The Morgan fingerprint density at radius 2 is 2.05 bits per heavy atom. The molecule has 5 heteroatoms. The van der Waals surface area contributed by atoms with Crippen LogP contribution in [0.2, 0.25) is 0 Å². The minimum atomic E-state index is -0.276. The van der Waals surface area contributed by atoms with Crippen LogP contribution in [0, 0.1) is 0 Å². The summed E-state index contributed by atoms with van der Waals surface area (Å²) in [5.41, 5.74) is 0.943. The van der Waals surface area contributed by atoms with Gasteiger partial charge in [-0.2, -0.15) is 0 Å². The molecule has 0 aliphatic rings. The van der Waals surface area contributed by atoms with Gasteiger partial charge >= 0.3 is 0 Å². The van der Waals surface area contributed by atoms with E-state index in [9.17, 15) is 9.90 Å². The Bertz CT molecular complexity index is 433. The number of rotatable bonds is 6. The first-order valence-electron chi connectivity index (χ1n) is 6.33. The van der Waals surface area contributed by atoms with E-state index in [1.165, 1.54) is 7.11 Å². The molecule has 1 amide bonds. The number of ether oxygens (including phenoxy) is 1. The van der Waals surface area contributed by atoms with Crippen molar-refractivity contribution < 1.29 is 14.6 Å². The highest BCUT2D eigenvalue weighted by Crippen LogP contribution is 2.26. The third kappa shape index (κ3) is 4.79. The molecule has 1 atom stereocenters. The second-order valence-electron chi connectivity index (χ2n) is 4.77. The summed E-state index contributed by atoms with van der Waals surface area (Å²) in [5, 5.41) is 15.5. The van der Waals surface area contributed by atoms with Crippen LogP contribution in [0.4, 0.5) is 0 Å². The second-order valence-corrected chi connectivity index (χ2v) is 4.77. The van der Waals surface area contributed by atoms with Crippen LogP contribution in [0.3, 0.4) is 0 Å². The molecule has 0 spiro atoms. The van der Waals surface area contributed by atoms with Crippen LogP contribution < -0.4 is 15.4 Å². The van der Waals surface area contributed by atoms with Crippen molar-refractivity contribution >= 4 is 5.91 Å². The van der Waals surface area contributed by atoms with E-state index in [1.54, 1.807) is 18.2 Å². The minimum Gasteiger partial charge on any atom is -0.504 e. The van der Waals surface area contributed by atoms with E-state index in [2.05, 4.69) is 10.6 Å². The second kappa shape index (κ2) is 6.99. The van der Waals surface area contributed by atoms with E-state index in [4.69, 9.17) is 4.74 Å². The van der Waals surface area contributed by atoms with Crippen LogP contribution in [-0.2, 0) is 11.3 Å². The van der Waals surface area contributed by atoms with E-state index < -0.39 is 0 Å². The lowest BCUT2D eigenvalue weighted by Crippen LogP contribution is -2.44. The van der Waals surface area contributed by atoms with E-state index in [0.717, 1.165) is 5.56 Å². The summed E-state index contributed by atoms with van der Waals surface area (Å²) in [6.07, 6.45) is 0. The van der Waals surface area contributed by atoms with Gasteiger partial charge in [-0.1, -0.05) is 6.07 Å². The molecule has 5 nitrogen and oxygen atoms in total. The summed E-state index contributed by atoms with van der Waals surface area (Å²) in [7, 11) is 1.50. The van der Waals surface area contributed by atoms with Crippen molar-refractivity contribution in [1.82, 2.24) is 10.6 Å². The fourth-order valence-electron chi connectivity index (χ4n) is 1.61. The number of methoxy groups -OCH3 is 1. The Balaban J connectivity index is 2.54. The van der Waals surface area contributed by atoms with Crippen molar-refractivity contribution in [3.8, 4) is 11.5 Å². The molecule has 0 heterocycles. The van der Waals surface area contributed by atoms with E-state index >= 15 is 0 Å². The van der Waals surface area contributed by atoms with Gasteiger partial charge in [0.2, 0.25) is 5.91 Å². The molecule has 106 valence electrons. The number of nitrogens with one attached hydrogen (secondary N) is 2. The van der Waals surface area contributed by atoms with Crippen molar-refractivity contribution in [3.05, 3.63) is 23.8 Å². The molecule has 1 aromatic carbocycles. The molecule has 0 fully saturated rings. The Labute approximate surface area is 114 Å². The Kier molecular flexibility index (Phi) is 5.63. The third-order valence-corrected chi connectivity index (χ3v) is 2.68. The third-order valence-electron chi connectivity index (χ3n) is 2.68. The molecule has 3 N–H and O–H groups in total. The molecule has 0 aromatic heterocycles. The van der Waals surface area contributed by atoms with Crippen molar-refractivity contribution in [2.24, 2.45) is 0 Å². The molecule has 1 aromatic rings. The maximum atomic E-state index is 11.7. The number of carbonyl (C=O) groups is 1. The van der Waals surface area contributed by atoms with Gasteiger partial charge in [0.25, 0.3) is 0 Å². The zero-order chi connectivity index (χ0) is 14.4. The number of phenolic OH excluding ortho intramolecular Hbond substituents is 1. The molecular weight excluding hydrogens is 244 g/mol. The summed E-state index contributed by atoms with van der Waals surface area (Å²) in [6.45, 7) is 6.20. The molecule has 1 rings (SSSR count). The molecule has 0 aliphatic heterocycles. The Morgan fingerprint density at radius 1 is 1.37 bits per heavy atom. The van der Waals surface area contributed by atoms with Gasteiger partial charge in [-0.05, 0) is 38.5 Å². The lowest BCUT2D eigenvalue weighted by atomic mass is 10.2. The van der Waals surface area contributed by atoms with Crippen LogP contribution in [0.15, 0.2) is 18.2 Å². The van der Waals surface area contributed by atoms with Gasteiger partial charge in [0.15, 0.2) is 11.5 Å². The zero-order valence-corrected chi connectivity index (χ0v) is 11.9. The van der Waals surface area contributed by atoms with Crippen molar-refractivity contribution in [3.63, 3.8) is 0 Å². The molecular formula is C14H22N2O3. The highest BCUT2D eigenvalue weighted by Gasteiger charge is 2.13. The summed E-state index contributed by atoms with van der Waals surface area (Å²) < 4.78 is 5.04. The smallest absolute Gasteiger partial charge is 0.237 e. The number of phenols is 1. The summed E-state index contributed by atoms with van der Waals surface area (Å²) in [5.74, 6) is 0.510. The highest BCUT2D eigenvalue weighted by atomic mass is 16.5. The van der Waals surface area contributed by atoms with Gasteiger partial charge in [-0.15, -0.1) is 0 Å². The van der Waals surface area contributed by atoms with Crippen LogP contribution in [0.25, 0.3) is 0 Å². The number of carbonyl (C=O) groups excluding carboxylic acids is 1. The predicted octanol–water partition coefficient (Wildman–Crippen LogP) is 1.40. The normalized spacial score (nSPS) is 12.3. The number of amides is 1. The Morgan fingerprint density at radius 3 is 2.63 bits per heavy atom. The lowest BCUT2D eigenvalue weighted by molar-refractivity contribution is -0.123. The largest absolute Gasteiger partial charge is 0.504 e. The van der Waals surface area contributed by atoms with Gasteiger partial charge in [-0.3, -0.25) is 4.79 Å². The standard InChI is InChI=1S/C14H22N2O3/c1-9(2)16-14(18)10(3)15-8-11-5-6-12(17)13(7-11)19-4/h5-7,9-10,15,17H,8H2,1-4H3,(H,16,18). The maximum Gasteiger partial charge on any atom is 0.237 e. The molecule has 0 bridgehead atoms. The molecule has 19 heavy (non-hydrogen) atoms. The average molecular weight is 266 g/mol. The van der Waals surface area contributed by atoms with E-state index in [1.807, 2.05) is 20.8 Å². The van der Waals surface area contributed by atoms with Crippen molar-refractivity contribution in [2.45, 2.75) is 39.4 Å². The summed E-state index contributed by atoms with van der Waals surface area (Å²) in [4.78, 5) is 11.7. The van der Waals surface area contributed by atoms with E-state index in [-0.39, 0.29) is 23.7 Å². The quantitative estimate of drug-likeness (QED) is 0.728. The fraction of sp³-hybridized carbons (Fsp3) is 0.500. The number of hydrogen-bond acceptors (Lipinski definition) is 4.